The zero-order valence-electron chi connectivity index (χ0n) is 9.72. The molecule has 98 valence electrons. The van der Waals surface area contributed by atoms with Crippen molar-refractivity contribution in [2.45, 2.75) is 6.10 Å². The van der Waals surface area contributed by atoms with Crippen LogP contribution in [-0.4, -0.2) is 17.6 Å². The second-order valence-corrected chi connectivity index (χ2v) is 4.86. The van der Waals surface area contributed by atoms with E-state index in [1.165, 1.54) is 6.26 Å². The van der Waals surface area contributed by atoms with Crippen molar-refractivity contribution in [2.24, 2.45) is 0 Å². The van der Waals surface area contributed by atoms with Gasteiger partial charge in [-0.05, 0) is 39.7 Å². The highest BCUT2D eigenvalue weighted by molar-refractivity contribution is 9.10. The van der Waals surface area contributed by atoms with Crippen molar-refractivity contribution in [1.29, 1.82) is 0 Å². The Morgan fingerprint density at radius 3 is 2.95 bits per heavy atom. The molecule has 0 radical (unpaired) electrons. The van der Waals surface area contributed by atoms with E-state index < -0.39 is 6.10 Å². The Labute approximate surface area is 117 Å². The predicted molar refractivity (Wildman–Crippen MR) is 71.0 cm³/mol. The van der Waals surface area contributed by atoms with Crippen LogP contribution >= 0.6 is 15.9 Å². The molecule has 0 bridgehead atoms. The molecule has 19 heavy (non-hydrogen) atoms. The summed E-state index contributed by atoms with van der Waals surface area (Å²) in [7, 11) is 0. The van der Waals surface area contributed by atoms with E-state index in [1.54, 1.807) is 24.3 Å². The fourth-order valence-electron chi connectivity index (χ4n) is 1.95. The minimum atomic E-state index is -0.836. The maximum Gasteiger partial charge on any atom is 0.262 e. The Hall–Kier alpha value is -1.79. The van der Waals surface area contributed by atoms with E-state index in [1.807, 2.05) is 0 Å². The van der Waals surface area contributed by atoms with Crippen LogP contribution in [0, 0.1) is 0 Å². The standard InChI is InChI=1S/C13H10BrNO4/c14-13-8(3-4-18-13)12(17)7-1-2-10-9(5-7)15-11(16)6-19-10/h1-5,12,17H,6H2,(H,15,16). The van der Waals surface area contributed by atoms with Gasteiger partial charge in [0, 0.05) is 5.56 Å². The number of anilines is 1. The minimum absolute atomic E-state index is 0.0161. The molecule has 1 amide bonds. The number of rotatable bonds is 2. The van der Waals surface area contributed by atoms with Crippen LogP contribution in [0.25, 0.3) is 0 Å². The summed E-state index contributed by atoms with van der Waals surface area (Å²) < 4.78 is 10.8. The summed E-state index contributed by atoms with van der Waals surface area (Å²) >= 11 is 3.23. The number of carbonyl (C=O) groups is 1. The van der Waals surface area contributed by atoms with E-state index in [0.717, 1.165) is 0 Å². The lowest BCUT2D eigenvalue weighted by Gasteiger charge is -2.19. The lowest BCUT2D eigenvalue weighted by Crippen LogP contribution is -2.25. The fraction of sp³-hybridized carbons (Fsp3) is 0.154. The van der Waals surface area contributed by atoms with Gasteiger partial charge in [0.15, 0.2) is 11.3 Å². The highest BCUT2D eigenvalue weighted by Gasteiger charge is 2.20. The van der Waals surface area contributed by atoms with Crippen LogP contribution in [0.4, 0.5) is 5.69 Å². The third kappa shape index (κ3) is 2.24. The topological polar surface area (TPSA) is 71.7 Å². The number of amides is 1. The molecule has 1 unspecified atom stereocenters. The second kappa shape index (κ2) is 4.71. The van der Waals surface area contributed by atoms with Crippen molar-refractivity contribution < 1.29 is 19.1 Å². The number of carbonyl (C=O) groups excluding carboxylic acids is 1. The molecule has 0 saturated carbocycles. The van der Waals surface area contributed by atoms with Crippen molar-refractivity contribution >= 4 is 27.5 Å². The Morgan fingerprint density at radius 2 is 2.21 bits per heavy atom. The van der Waals surface area contributed by atoms with Crippen molar-refractivity contribution in [1.82, 2.24) is 0 Å². The molecule has 2 N–H and O–H groups in total. The molecule has 1 aliphatic rings. The maximum absolute atomic E-state index is 11.3. The molecule has 0 aliphatic carbocycles. The summed E-state index contributed by atoms with van der Waals surface area (Å²) in [5.41, 5.74) is 1.84. The van der Waals surface area contributed by atoms with Crippen LogP contribution in [0.1, 0.15) is 17.2 Å². The molecule has 6 heteroatoms. The van der Waals surface area contributed by atoms with Gasteiger partial charge in [0.1, 0.15) is 11.9 Å². The average molecular weight is 324 g/mol. The molecule has 0 saturated heterocycles. The first-order chi connectivity index (χ1) is 9.15. The predicted octanol–water partition coefficient (Wildman–Crippen LogP) is 2.45. The number of furan rings is 1. The monoisotopic (exact) mass is 323 g/mol. The van der Waals surface area contributed by atoms with Crippen molar-refractivity contribution in [3.8, 4) is 5.75 Å². The molecule has 0 fully saturated rings. The largest absolute Gasteiger partial charge is 0.482 e. The van der Waals surface area contributed by atoms with Crippen LogP contribution in [0.5, 0.6) is 5.75 Å². The van der Waals surface area contributed by atoms with Crippen LogP contribution in [0.3, 0.4) is 0 Å². The molecular formula is C13H10BrNO4. The molecule has 1 aromatic heterocycles. The number of halogens is 1. The summed E-state index contributed by atoms with van der Waals surface area (Å²) in [5.74, 6) is 0.394. The third-order valence-corrected chi connectivity index (χ3v) is 3.54. The molecule has 2 heterocycles. The normalized spacial score (nSPS) is 15.4. The first-order valence-corrected chi connectivity index (χ1v) is 6.42. The van der Waals surface area contributed by atoms with Crippen molar-refractivity contribution in [3.63, 3.8) is 0 Å². The Morgan fingerprint density at radius 1 is 1.37 bits per heavy atom. The van der Waals surface area contributed by atoms with Crippen LogP contribution < -0.4 is 10.1 Å². The second-order valence-electron chi connectivity index (χ2n) is 4.14. The summed E-state index contributed by atoms with van der Waals surface area (Å²) in [6.45, 7) is 0.0161. The number of nitrogens with one attached hydrogen (secondary N) is 1. The summed E-state index contributed by atoms with van der Waals surface area (Å²) in [5, 5.41) is 13.0. The van der Waals surface area contributed by atoms with Crippen LogP contribution in [0.15, 0.2) is 39.6 Å². The van der Waals surface area contributed by atoms with E-state index in [4.69, 9.17) is 9.15 Å². The SMILES string of the molecule is O=C1COc2ccc(C(O)c3ccoc3Br)cc2N1. The molecule has 1 aromatic carbocycles. The minimum Gasteiger partial charge on any atom is -0.482 e. The molecule has 0 spiro atoms. The number of hydrogen-bond donors (Lipinski definition) is 2. The number of ether oxygens (including phenoxy) is 1. The summed E-state index contributed by atoms with van der Waals surface area (Å²) in [6, 6.07) is 6.85. The Balaban J connectivity index is 1.96. The van der Waals surface area contributed by atoms with Crippen LogP contribution in [-0.2, 0) is 4.79 Å². The smallest absolute Gasteiger partial charge is 0.262 e. The van der Waals surface area contributed by atoms with Gasteiger partial charge in [-0.3, -0.25) is 4.79 Å². The molecule has 5 nitrogen and oxygen atoms in total. The fourth-order valence-corrected chi connectivity index (χ4v) is 2.41. The van der Waals surface area contributed by atoms with Gasteiger partial charge in [-0.2, -0.15) is 0 Å². The first-order valence-electron chi connectivity index (χ1n) is 5.62. The van der Waals surface area contributed by atoms with Gasteiger partial charge in [0.05, 0.1) is 12.0 Å². The van der Waals surface area contributed by atoms with Crippen molar-refractivity contribution in [3.05, 3.63) is 46.3 Å². The maximum atomic E-state index is 11.3. The van der Waals surface area contributed by atoms with E-state index in [-0.39, 0.29) is 12.5 Å². The molecule has 1 aliphatic heterocycles. The van der Waals surface area contributed by atoms with Gasteiger partial charge in [0.25, 0.3) is 5.91 Å². The van der Waals surface area contributed by atoms with Crippen molar-refractivity contribution in [2.75, 3.05) is 11.9 Å². The lowest BCUT2D eigenvalue weighted by molar-refractivity contribution is -0.118. The summed E-state index contributed by atoms with van der Waals surface area (Å²) in [4.78, 5) is 11.3. The zero-order valence-corrected chi connectivity index (χ0v) is 11.3. The van der Waals surface area contributed by atoms with Gasteiger partial charge in [-0.1, -0.05) is 6.07 Å². The van der Waals surface area contributed by atoms with E-state index in [2.05, 4.69) is 21.2 Å². The highest BCUT2D eigenvalue weighted by atomic mass is 79.9. The zero-order chi connectivity index (χ0) is 13.4. The average Bonchev–Trinajstić information content (AvgIpc) is 2.83. The molecular weight excluding hydrogens is 314 g/mol. The summed E-state index contributed by atoms with van der Waals surface area (Å²) in [6.07, 6.45) is 0.656. The third-order valence-electron chi connectivity index (χ3n) is 2.89. The number of aliphatic hydroxyl groups is 1. The molecule has 2 aromatic rings. The lowest BCUT2D eigenvalue weighted by atomic mass is 10.0. The van der Waals surface area contributed by atoms with Gasteiger partial charge >= 0.3 is 0 Å². The van der Waals surface area contributed by atoms with Gasteiger partial charge in [0.2, 0.25) is 0 Å². The van der Waals surface area contributed by atoms with Crippen LogP contribution in [0.2, 0.25) is 0 Å². The molecule has 1 atom stereocenters. The Kier molecular flexibility index (Phi) is 3.04. The number of hydrogen-bond acceptors (Lipinski definition) is 4. The van der Waals surface area contributed by atoms with E-state index >= 15 is 0 Å². The van der Waals surface area contributed by atoms with Gasteiger partial charge < -0.3 is 19.6 Å². The first kappa shape index (κ1) is 12.3. The van der Waals surface area contributed by atoms with Gasteiger partial charge in [-0.25, -0.2) is 0 Å². The molecule has 3 rings (SSSR count). The van der Waals surface area contributed by atoms with E-state index in [0.29, 0.717) is 27.2 Å². The van der Waals surface area contributed by atoms with E-state index in [9.17, 15) is 9.90 Å². The number of aliphatic hydroxyl groups excluding tert-OH is 1. The number of benzene rings is 1. The Bertz CT molecular complexity index is 637. The highest BCUT2D eigenvalue weighted by Crippen LogP contribution is 2.34. The number of fused-ring (bicyclic) bond motifs is 1. The quantitative estimate of drug-likeness (QED) is 0.890. The van der Waals surface area contributed by atoms with Gasteiger partial charge in [-0.15, -0.1) is 0 Å².